The molecule has 1 aromatic rings. The summed E-state index contributed by atoms with van der Waals surface area (Å²) in [5.74, 6) is 0.726. The van der Waals surface area contributed by atoms with Crippen molar-refractivity contribution in [3.8, 4) is 5.75 Å². The standard InChI is InChI=1S/C23H35N3O2/c1-2-28-22-14-7-6-13-21(22)25-23(27)24-17-15-19-11-8-12-20(16-17)26(19)18-9-4-3-5-10-18/h6-7,13-14,17-20H,2-5,8-12,15-16H2,1H3,(H2,24,25,27). The second-order valence-corrected chi connectivity index (χ2v) is 8.67. The molecule has 2 atom stereocenters. The number of carbonyl (C=O) groups is 1. The van der Waals surface area contributed by atoms with Crippen molar-refractivity contribution in [2.24, 2.45) is 0 Å². The highest BCUT2D eigenvalue weighted by Gasteiger charge is 2.42. The van der Waals surface area contributed by atoms with Crippen LogP contribution in [0.15, 0.2) is 24.3 Å². The molecule has 4 rings (SSSR count). The van der Waals surface area contributed by atoms with Crippen molar-refractivity contribution in [2.75, 3.05) is 11.9 Å². The first-order valence-corrected chi connectivity index (χ1v) is 11.3. The van der Waals surface area contributed by atoms with Gasteiger partial charge in [0.1, 0.15) is 5.75 Å². The molecule has 3 aliphatic rings. The van der Waals surface area contributed by atoms with Gasteiger partial charge >= 0.3 is 6.03 Å². The van der Waals surface area contributed by atoms with E-state index in [4.69, 9.17) is 4.74 Å². The number of carbonyl (C=O) groups excluding carboxylic acids is 1. The van der Waals surface area contributed by atoms with Crippen LogP contribution in [0.25, 0.3) is 0 Å². The number of benzene rings is 1. The molecule has 2 unspecified atom stereocenters. The fraction of sp³-hybridized carbons (Fsp3) is 0.696. The van der Waals surface area contributed by atoms with Crippen LogP contribution in [-0.2, 0) is 0 Å². The number of anilines is 1. The molecule has 3 fully saturated rings. The Bertz CT molecular complexity index is 645. The van der Waals surface area contributed by atoms with Gasteiger partial charge < -0.3 is 15.4 Å². The molecular formula is C23H35N3O2. The van der Waals surface area contributed by atoms with Gasteiger partial charge in [0.15, 0.2) is 0 Å². The van der Waals surface area contributed by atoms with Crippen LogP contribution in [-0.4, -0.2) is 41.7 Å². The summed E-state index contributed by atoms with van der Waals surface area (Å²) in [5.41, 5.74) is 0.738. The third-order valence-corrected chi connectivity index (χ3v) is 6.80. The van der Waals surface area contributed by atoms with E-state index in [-0.39, 0.29) is 12.1 Å². The number of urea groups is 1. The average Bonchev–Trinajstić information content (AvgIpc) is 2.69. The van der Waals surface area contributed by atoms with Crippen LogP contribution in [0.4, 0.5) is 10.5 Å². The summed E-state index contributed by atoms with van der Waals surface area (Å²) < 4.78 is 5.62. The van der Waals surface area contributed by atoms with Gasteiger partial charge in [-0.1, -0.05) is 37.8 Å². The Balaban J connectivity index is 1.35. The summed E-state index contributed by atoms with van der Waals surface area (Å²) in [7, 11) is 0. The molecule has 2 amide bonds. The molecule has 5 nitrogen and oxygen atoms in total. The second kappa shape index (κ2) is 9.17. The first kappa shape index (κ1) is 19.6. The average molecular weight is 386 g/mol. The number of piperidine rings is 2. The molecule has 2 heterocycles. The molecule has 0 aromatic heterocycles. The van der Waals surface area contributed by atoms with Gasteiger partial charge in [-0.05, 0) is 57.6 Å². The van der Waals surface area contributed by atoms with E-state index in [0.29, 0.717) is 18.7 Å². The maximum atomic E-state index is 12.6. The van der Waals surface area contributed by atoms with Gasteiger partial charge in [-0.2, -0.15) is 0 Å². The van der Waals surface area contributed by atoms with E-state index < -0.39 is 0 Å². The maximum Gasteiger partial charge on any atom is 0.319 e. The Morgan fingerprint density at radius 2 is 1.68 bits per heavy atom. The predicted octanol–water partition coefficient (Wildman–Crippen LogP) is 4.93. The summed E-state index contributed by atoms with van der Waals surface area (Å²) in [6.45, 7) is 2.54. The lowest BCUT2D eigenvalue weighted by molar-refractivity contribution is -0.0202. The molecule has 2 N–H and O–H groups in total. The van der Waals surface area contributed by atoms with Crippen molar-refractivity contribution < 1.29 is 9.53 Å². The first-order valence-electron chi connectivity index (χ1n) is 11.3. The molecular weight excluding hydrogens is 350 g/mol. The van der Waals surface area contributed by atoms with Crippen molar-refractivity contribution >= 4 is 11.7 Å². The van der Waals surface area contributed by atoms with E-state index in [2.05, 4.69) is 15.5 Å². The molecule has 154 valence electrons. The van der Waals surface area contributed by atoms with Crippen molar-refractivity contribution in [1.29, 1.82) is 0 Å². The van der Waals surface area contributed by atoms with Gasteiger partial charge in [-0.15, -0.1) is 0 Å². The van der Waals surface area contributed by atoms with Crippen LogP contribution in [0, 0.1) is 0 Å². The van der Waals surface area contributed by atoms with E-state index in [9.17, 15) is 4.79 Å². The van der Waals surface area contributed by atoms with Crippen LogP contribution in [0.1, 0.15) is 71.1 Å². The molecule has 1 aliphatic carbocycles. The minimum absolute atomic E-state index is 0.110. The molecule has 2 bridgehead atoms. The lowest BCUT2D eigenvalue weighted by atomic mass is 9.78. The van der Waals surface area contributed by atoms with Crippen LogP contribution < -0.4 is 15.4 Å². The molecule has 1 aromatic carbocycles. The highest BCUT2D eigenvalue weighted by atomic mass is 16.5. The Kier molecular flexibility index (Phi) is 6.40. The Hall–Kier alpha value is -1.75. The monoisotopic (exact) mass is 385 g/mol. The largest absolute Gasteiger partial charge is 0.492 e. The number of ether oxygens (including phenoxy) is 1. The van der Waals surface area contributed by atoms with Crippen molar-refractivity contribution in [3.05, 3.63) is 24.3 Å². The Morgan fingerprint density at radius 1 is 1.00 bits per heavy atom. The van der Waals surface area contributed by atoms with Crippen LogP contribution in [0.3, 0.4) is 0 Å². The molecule has 0 spiro atoms. The van der Waals surface area contributed by atoms with Crippen LogP contribution in [0.5, 0.6) is 5.75 Å². The number of hydrogen-bond acceptors (Lipinski definition) is 3. The number of rotatable bonds is 5. The Labute approximate surface area is 169 Å². The molecule has 28 heavy (non-hydrogen) atoms. The van der Waals surface area contributed by atoms with E-state index in [1.807, 2.05) is 31.2 Å². The van der Waals surface area contributed by atoms with Gasteiger partial charge in [-0.25, -0.2) is 4.79 Å². The quantitative estimate of drug-likeness (QED) is 0.756. The zero-order valence-corrected chi connectivity index (χ0v) is 17.2. The molecule has 5 heteroatoms. The van der Waals surface area contributed by atoms with E-state index >= 15 is 0 Å². The smallest absolute Gasteiger partial charge is 0.319 e. The van der Waals surface area contributed by atoms with Gasteiger partial charge in [0.25, 0.3) is 0 Å². The third kappa shape index (κ3) is 4.45. The fourth-order valence-electron chi connectivity index (χ4n) is 5.71. The van der Waals surface area contributed by atoms with Gasteiger partial charge in [0.2, 0.25) is 0 Å². The number of nitrogens with zero attached hydrogens (tertiary/aromatic N) is 1. The minimum atomic E-state index is -0.110. The molecule has 2 aliphatic heterocycles. The lowest BCUT2D eigenvalue weighted by Crippen LogP contribution is -2.60. The Morgan fingerprint density at radius 3 is 2.39 bits per heavy atom. The second-order valence-electron chi connectivity index (χ2n) is 8.67. The topological polar surface area (TPSA) is 53.6 Å². The zero-order chi connectivity index (χ0) is 19.3. The number of nitrogens with one attached hydrogen (secondary N) is 2. The highest BCUT2D eigenvalue weighted by molar-refractivity contribution is 5.91. The number of hydrogen-bond donors (Lipinski definition) is 2. The van der Waals surface area contributed by atoms with E-state index in [1.165, 1.54) is 51.4 Å². The van der Waals surface area contributed by atoms with E-state index in [1.54, 1.807) is 0 Å². The lowest BCUT2D eigenvalue weighted by Gasteiger charge is -2.53. The summed E-state index contributed by atoms with van der Waals surface area (Å²) in [6.07, 6.45) is 13.1. The molecule has 2 saturated heterocycles. The summed E-state index contributed by atoms with van der Waals surface area (Å²) in [5, 5.41) is 6.25. The maximum absolute atomic E-state index is 12.6. The van der Waals surface area contributed by atoms with Crippen molar-refractivity contribution in [2.45, 2.75) is 95.3 Å². The predicted molar refractivity (Wildman–Crippen MR) is 113 cm³/mol. The fourth-order valence-corrected chi connectivity index (χ4v) is 5.71. The van der Waals surface area contributed by atoms with Gasteiger partial charge in [0.05, 0.1) is 12.3 Å². The van der Waals surface area contributed by atoms with Crippen LogP contribution in [0.2, 0.25) is 0 Å². The third-order valence-electron chi connectivity index (χ3n) is 6.80. The highest BCUT2D eigenvalue weighted by Crippen LogP contribution is 2.39. The number of para-hydroxylation sites is 2. The first-order chi connectivity index (χ1) is 13.7. The van der Waals surface area contributed by atoms with Crippen molar-refractivity contribution in [3.63, 3.8) is 0 Å². The molecule has 1 saturated carbocycles. The zero-order valence-electron chi connectivity index (χ0n) is 17.2. The summed E-state index contributed by atoms with van der Waals surface area (Å²) in [4.78, 5) is 15.5. The van der Waals surface area contributed by atoms with Crippen LogP contribution >= 0.6 is 0 Å². The van der Waals surface area contributed by atoms with Gasteiger partial charge in [-0.3, -0.25) is 4.90 Å². The molecule has 0 radical (unpaired) electrons. The normalized spacial score (nSPS) is 28.5. The SMILES string of the molecule is CCOc1ccccc1NC(=O)NC1CC2CCCC(C1)N2C1CCCCC1. The summed E-state index contributed by atoms with van der Waals surface area (Å²) in [6, 6.07) is 9.89. The summed E-state index contributed by atoms with van der Waals surface area (Å²) >= 11 is 0. The minimum Gasteiger partial charge on any atom is -0.492 e. The van der Waals surface area contributed by atoms with E-state index in [0.717, 1.165) is 30.3 Å². The van der Waals surface area contributed by atoms with Gasteiger partial charge in [0, 0.05) is 24.2 Å². The number of amides is 2. The van der Waals surface area contributed by atoms with Crippen molar-refractivity contribution in [1.82, 2.24) is 10.2 Å². The number of fused-ring (bicyclic) bond motifs is 2.